The van der Waals surface area contributed by atoms with Gasteiger partial charge in [-0.25, -0.2) is 0 Å². The number of aromatic nitrogens is 1. The second kappa shape index (κ2) is 20.7. The first-order valence-corrected chi connectivity index (χ1v) is 8.72. The minimum Gasteiger partial charge on any atom is -0.354 e. The Labute approximate surface area is 200 Å². The van der Waals surface area contributed by atoms with Gasteiger partial charge in [0.25, 0.3) is 0 Å². The Bertz CT molecular complexity index is 572. The number of rotatable bonds is 6. The van der Waals surface area contributed by atoms with Crippen LogP contribution >= 0.6 is 0 Å². The van der Waals surface area contributed by atoms with Crippen LogP contribution in [-0.4, -0.2) is 16.9 Å². The minimum absolute atomic E-state index is 0. The average molecular weight is 464 g/mol. The molecule has 1 heterocycles. The summed E-state index contributed by atoms with van der Waals surface area (Å²) in [6, 6.07) is 14.7. The molecule has 0 aliphatic rings. The molecule has 157 valence electrons. The van der Waals surface area contributed by atoms with E-state index in [1.807, 2.05) is 32.0 Å². The SMILES string of the molecule is C.C.C.CC(C)NC(=O)CCCc1ccncc1.CC(C)c1ccccc1.[Y]. The van der Waals surface area contributed by atoms with Gasteiger partial charge in [-0.15, -0.1) is 0 Å². The molecule has 0 aliphatic heterocycles. The summed E-state index contributed by atoms with van der Waals surface area (Å²) in [4.78, 5) is 15.3. The van der Waals surface area contributed by atoms with Crippen LogP contribution in [0.3, 0.4) is 0 Å². The van der Waals surface area contributed by atoms with Gasteiger partial charge >= 0.3 is 0 Å². The molecule has 0 unspecified atom stereocenters. The summed E-state index contributed by atoms with van der Waals surface area (Å²) < 4.78 is 0. The molecule has 0 fully saturated rings. The molecule has 2 rings (SSSR count). The molecule has 0 saturated heterocycles. The van der Waals surface area contributed by atoms with Gasteiger partial charge in [0.05, 0.1) is 0 Å². The number of benzene rings is 1. The van der Waals surface area contributed by atoms with Gasteiger partial charge in [-0.3, -0.25) is 9.78 Å². The average Bonchev–Trinajstić information content (AvgIpc) is 2.56. The molecule has 28 heavy (non-hydrogen) atoms. The molecule has 1 amide bonds. The van der Waals surface area contributed by atoms with E-state index in [2.05, 4.69) is 48.4 Å². The summed E-state index contributed by atoms with van der Waals surface area (Å²) in [7, 11) is 0. The second-order valence-corrected chi connectivity index (χ2v) is 6.50. The van der Waals surface area contributed by atoms with Crippen LogP contribution in [0.5, 0.6) is 0 Å². The van der Waals surface area contributed by atoms with Crippen molar-refractivity contribution in [2.24, 2.45) is 0 Å². The maximum Gasteiger partial charge on any atom is 0.220 e. The van der Waals surface area contributed by atoms with Crippen molar-refractivity contribution in [3.63, 3.8) is 0 Å². The van der Waals surface area contributed by atoms with Gasteiger partial charge in [-0.1, -0.05) is 66.5 Å². The number of aryl methyl sites for hydroxylation is 1. The quantitative estimate of drug-likeness (QED) is 0.522. The zero-order chi connectivity index (χ0) is 17.8. The van der Waals surface area contributed by atoms with Gasteiger partial charge in [0, 0.05) is 57.6 Å². The Kier molecular flexibility index (Phi) is 25.4. The van der Waals surface area contributed by atoms with E-state index in [1.54, 1.807) is 12.4 Å². The van der Waals surface area contributed by atoms with Crippen molar-refractivity contribution in [3.8, 4) is 0 Å². The number of pyridine rings is 1. The third kappa shape index (κ3) is 17.1. The van der Waals surface area contributed by atoms with Crippen molar-refractivity contribution in [1.29, 1.82) is 0 Å². The molecule has 0 bridgehead atoms. The molecule has 1 radical (unpaired) electrons. The third-order valence-corrected chi connectivity index (χ3v) is 3.53. The zero-order valence-corrected chi connectivity index (χ0v) is 18.7. The Hall–Kier alpha value is -1.06. The largest absolute Gasteiger partial charge is 0.354 e. The summed E-state index contributed by atoms with van der Waals surface area (Å²) in [5.41, 5.74) is 2.65. The van der Waals surface area contributed by atoms with Gasteiger partial charge in [0.2, 0.25) is 5.91 Å². The van der Waals surface area contributed by atoms with Gasteiger partial charge in [0.1, 0.15) is 0 Å². The number of nitrogens with one attached hydrogen (secondary N) is 1. The van der Waals surface area contributed by atoms with Crippen LogP contribution in [0, 0.1) is 0 Å². The normalized spacial score (nSPS) is 8.79. The van der Waals surface area contributed by atoms with E-state index in [-0.39, 0.29) is 66.9 Å². The van der Waals surface area contributed by atoms with Gasteiger partial charge in [0.15, 0.2) is 0 Å². The van der Waals surface area contributed by atoms with Crippen LogP contribution < -0.4 is 5.32 Å². The van der Waals surface area contributed by atoms with Crippen molar-refractivity contribution in [1.82, 2.24) is 10.3 Å². The van der Waals surface area contributed by atoms with Crippen LogP contribution in [0.2, 0.25) is 0 Å². The summed E-state index contributed by atoms with van der Waals surface area (Å²) in [6.07, 6.45) is 5.99. The number of nitrogens with zero attached hydrogens (tertiary/aromatic N) is 1. The molecule has 0 spiro atoms. The van der Waals surface area contributed by atoms with Crippen molar-refractivity contribution in [3.05, 3.63) is 66.0 Å². The van der Waals surface area contributed by atoms with Gasteiger partial charge in [-0.05, 0) is 55.9 Å². The minimum atomic E-state index is 0. The van der Waals surface area contributed by atoms with Crippen LogP contribution in [-0.2, 0) is 43.9 Å². The number of carbonyl (C=O) groups is 1. The Morgan fingerprint density at radius 3 is 1.89 bits per heavy atom. The summed E-state index contributed by atoms with van der Waals surface area (Å²) in [5.74, 6) is 0.797. The standard InChI is InChI=1S/C12H18N2O.C9H12.3CH4.Y/c1-10(2)14-12(15)5-3-4-11-6-8-13-9-7-11;1-8(2)9-6-4-3-5-7-9;;;;/h6-10H,3-5H2,1-2H3,(H,14,15);3-8H,1-2H3;3*1H4;. The first-order valence-electron chi connectivity index (χ1n) is 8.72. The zero-order valence-electron chi connectivity index (χ0n) is 15.9. The molecular weight excluding hydrogens is 421 g/mol. The first-order chi connectivity index (χ1) is 11.5. The molecule has 1 aromatic carbocycles. The number of carbonyl (C=O) groups excluding carboxylic acids is 1. The molecule has 2 aromatic rings. The van der Waals surface area contributed by atoms with Crippen LogP contribution in [0.25, 0.3) is 0 Å². The maximum absolute atomic E-state index is 11.3. The summed E-state index contributed by atoms with van der Waals surface area (Å²) in [5, 5.41) is 2.88. The maximum atomic E-state index is 11.3. The van der Waals surface area contributed by atoms with E-state index in [0.29, 0.717) is 12.3 Å². The molecule has 1 N–H and O–H groups in total. The number of hydrogen-bond donors (Lipinski definition) is 1. The Balaban J connectivity index is -0.000000195. The monoisotopic (exact) mass is 463 g/mol. The Morgan fingerprint density at radius 1 is 0.929 bits per heavy atom. The van der Waals surface area contributed by atoms with Crippen molar-refractivity contribution in [2.75, 3.05) is 0 Å². The van der Waals surface area contributed by atoms with E-state index in [1.165, 1.54) is 11.1 Å². The number of amides is 1. The van der Waals surface area contributed by atoms with E-state index in [0.717, 1.165) is 12.8 Å². The smallest absolute Gasteiger partial charge is 0.220 e. The van der Waals surface area contributed by atoms with E-state index in [9.17, 15) is 4.79 Å². The van der Waals surface area contributed by atoms with Crippen LogP contribution in [0.1, 0.15) is 79.9 Å². The van der Waals surface area contributed by atoms with Crippen molar-refractivity contribution >= 4 is 5.91 Å². The fourth-order valence-corrected chi connectivity index (χ4v) is 2.23. The van der Waals surface area contributed by atoms with Gasteiger partial charge in [-0.2, -0.15) is 0 Å². The van der Waals surface area contributed by atoms with Crippen molar-refractivity contribution < 1.29 is 37.5 Å². The first kappa shape index (κ1) is 34.5. The van der Waals surface area contributed by atoms with E-state index in [4.69, 9.17) is 0 Å². The summed E-state index contributed by atoms with van der Waals surface area (Å²) in [6.45, 7) is 8.35. The Morgan fingerprint density at radius 2 is 1.46 bits per heavy atom. The topological polar surface area (TPSA) is 42.0 Å². The molecule has 0 saturated carbocycles. The van der Waals surface area contributed by atoms with Crippen molar-refractivity contribution in [2.45, 2.75) is 81.2 Å². The predicted molar refractivity (Wildman–Crippen MR) is 121 cm³/mol. The fourth-order valence-electron chi connectivity index (χ4n) is 2.23. The van der Waals surface area contributed by atoms with Crippen LogP contribution in [0.15, 0.2) is 54.9 Å². The molecule has 4 heteroatoms. The molecule has 0 aliphatic carbocycles. The molecule has 0 atom stereocenters. The van der Waals surface area contributed by atoms with E-state index < -0.39 is 0 Å². The molecular formula is C24H42N2OY. The predicted octanol–water partition coefficient (Wildman–Crippen LogP) is 6.64. The number of hydrogen-bond acceptors (Lipinski definition) is 2. The third-order valence-electron chi connectivity index (χ3n) is 3.53. The molecule has 1 aromatic heterocycles. The molecule has 3 nitrogen and oxygen atoms in total. The second-order valence-electron chi connectivity index (χ2n) is 6.50. The fraction of sp³-hybridized carbons (Fsp3) is 0.500. The van der Waals surface area contributed by atoms with E-state index >= 15 is 0 Å². The van der Waals surface area contributed by atoms with Crippen LogP contribution in [0.4, 0.5) is 0 Å². The van der Waals surface area contributed by atoms with Gasteiger partial charge < -0.3 is 5.32 Å². The summed E-state index contributed by atoms with van der Waals surface area (Å²) >= 11 is 0.